The SMILES string of the molecule is COc1cc2nccc(Oc3cnc(CC(=O)c4nn(C(C)C)cc(-c5ccc(C)cc5)c4=O)nc3)c2cc1OC. The molecule has 41 heavy (non-hydrogen) atoms. The highest BCUT2D eigenvalue weighted by Gasteiger charge is 2.20. The molecule has 3 aromatic heterocycles. The van der Waals surface area contributed by atoms with Crippen molar-refractivity contribution in [3.05, 3.63) is 94.6 Å². The zero-order valence-corrected chi connectivity index (χ0v) is 23.4. The van der Waals surface area contributed by atoms with Crippen LogP contribution < -0.4 is 19.6 Å². The van der Waals surface area contributed by atoms with E-state index in [0.717, 1.165) is 11.1 Å². The number of nitrogens with zero attached hydrogens (tertiary/aromatic N) is 5. The molecule has 0 bridgehead atoms. The lowest BCUT2D eigenvalue weighted by molar-refractivity contribution is 0.0982. The lowest BCUT2D eigenvalue weighted by Crippen LogP contribution is -2.26. The molecule has 0 fully saturated rings. The number of pyridine rings is 1. The van der Waals surface area contributed by atoms with Gasteiger partial charge in [0.2, 0.25) is 5.43 Å². The summed E-state index contributed by atoms with van der Waals surface area (Å²) in [5, 5.41) is 5.06. The van der Waals surface area contributed by atoms with Gasteiger partial charge >= 0.3 is 0 Å². The number of benzene rings is 2. The normalized spacial score (nSPS) is 11.1. The second-order valence-electron chi connectivity index (χ2n) is 9.73. The maximum atomic E-state index is 13.3. The molecule has 0 radical (unpaired) electrons. The van der Waals surface area contributed by atoms with Gasteiger partial charge in [-0.3, -0.25) is 19.3 Å². The zero-order chi connectivity index (χ0) is 29.1. The first-order valence-electron chi connectivity index (χ1n) is 13.0. The molecule has 0 unspecified atom stereocenters. The molecule has 5 aromatic rings. The van der Waals surface area contributed by atoms with Crippen LogP contribution in [0.4, 0.5) is 0 Å². The molecular formula is C31H29N5O5. The van der Waals surface area contributed by atoms with Gasteiger partial charge in [0.25, 0.3) is 0 Å². The van der Waals surface area contributed by atoms with Crippen LogP contribution in [0.5, 0.6) is 23.0 Å². The zero-order valence-electron chi connectivity index (χ0n) is 23.4. The Labute approximate surface area is 236 Å². The van der Waals surface area contributed by atoms with Gasteiger partial charge in [-0.15, -0.1) is 0 Å². The predicted molar refractivity (Wildman–Crippen MR) is 154 cm³/mol. The van der Waals surface area contributed by atoms with Crippen molar-refractivity contribution in [2.24, 2.45) is 0 Å². The first kappa shape index (κ1) is 27.4. The van der Waals surface area contributed by atoms with E-state index in [4.69, 9.17) is 14.2 Å². The number of aromatic nitrogens is 5. The van der Waals surface area contributed by atoms with Gasteiger partial charge in [-0.2, -0.15) is 5.10 Å². The Hall–Kier alpha value is -5.12. The standard InChI is InChI=1S/C31H29N5O5/c1-18(2)36-17-23(20-8-6-19(3)7-9-20)31(38)30(35-36)25(37)14-29-33-15-21(16-34-29)41-26-10-11-32-24-13-28(40-5)27(39-4)12-22(24)26/h6-13,15-18H,14H2,1-5H3. The van der Waals surface area contributed by atoms with Crippen LogP contribution in [-0.2, 0) is 6.42 Å². The molecule has 208 valence electrons. The van der Waals surface area contributed by atoms with Gasteiger partial charge in [0.05, 0.1) is 38.6 Å². The third-order valence-electron chi connectivity index (χ3n) is 6.53. The van der Waals surface area contributed by atoms with E-state index in [1.807, 2.05) is 45.0 Å². The van der Waals surface area contributed by atoms with E-state index in [-0.39, 0.29) is 24.0 Å². The number of aryl methyl sites for hydroxylation is 1. The second kappa shape index (κ2) is 11.5. The summed E-state index contributed by atoms with van der Waals surface area (Å²) < 4.78 is 18.4. The van der Waals surface area contributed by atoms with Crippen LogP contribution in [0.2, 0.25) is 0 Å². The summed E-state index contributed by atoms with van der Waals surface area (Å²) in [5.41, 5.74) is 2.31. The molecule has 10 nitrogen and oxygen atoms in total. The molecule has 3 heterocycles. The van der Waals surface area contributed by atoms with Gasteiger partial charge in [0.1, 0.15) is 11.6 Å². The summed E-state index contributed by atoms with van der Waals surface area (Å²) in [6.07, 6.45) is 6.08. The first-order valence-corrected chi connectivity index (χ1v) is 13.0. The number of ether oxygens (including phenoxy) is 3. The number of hydrogen-bond donors (Lipinski definition) is 0. The Balaban J connectivity index is 1.39. The Morgan fingerprint density at radius 3 is 2.27 bits per heavy atom. The van der Waals surface area contributed by atoms with Crippen molar-refractivity contribution in [1.82, 2.24) is 24.7 Å². The molecule has 0 saturated carbocycles. The van der Waals surface area contributed by atoms with Gasteiger partial charge in [0.15, 0.2) is 28.7 Å². The second-order valence-corrected chi connectivity index (χ2v) is 9.73. The van der Waals surface area contributed by atoms with Gasteiger partial charge in [-0.1, -0.05) is 29.8 Å². The lowest BCUT2D eigenvalue weighted by Gasteiger charge is -2.14. The van der Waals surface area contributed by atoms with Crippen molar-refractivity contribution in [2.75, 3.05) is 14.2 Å². The van der Waals surface area contributed by atoms with Crippen LogP contribution in [0.3, 0.4) is 0 Å². The first-order chi connectivity index (χ1) is 19.8. The molecule has 0 spiro atoms. The van der Waals surface area contributed by atoms with E-state index in [2.05, 4.69) is 20.1 Å². The van der Waals surface area contributed by atoms with Crippen LogP contribution >= 0.6 is 0 Å². The van der Waals surface area contributed by atoms with Crippen molar-refractivity contribution in [3.8, 4) is 34.1 Å². The number of fused-ring (bicyclic) bond motifs is 1. The number of carbonyl (C=O) groups excluding carboxylic acids is 1. The molecule has 0 aliphatic rings. The lowest BCUT2D eigenvalue weighted by atomic mass is 10.0. The molecule has 2 aromatic carbocycles. The van der Waals surface area contributed by atoms with Crippen LogP contribution in [-0.4, -0.2) is 44.7 Å². The van der Waals surface area contributed by atoms with Crippen molar-refractivity contribution in [3.63, 3.8) is 0 Å². The molecule has 10 heteroatoms. The van der Waals surface area contributed by atoms with Crippen molar-refractivity contribution < 1.29 is 19.0 Å². The van der Waals surface area contributed by atoms with Crippen LogP contribution in [0.1, 0.15) is 41.8 Å². The van der Waals surface area contributed by atoms with Gasteiger partial charge < -0.3 is 14.2 Å². The van der Waals surface area contributed by atoms with E-state index in [1.54, 1.807) is 49.5 Å². The Morgan fingerprint density at radius 2 is 1.61 bits per heavy atom. The van der Waals surface area contributed by atoms with E-state index in [0.29, 0.717) is 39.5 Å². The highest BCUT2D eigenvalue weighted by molar-refractivity contribution is 5.96. The van der Waals surface area contributed by atoms with Crippen molar-refractivity contribution >= 4 is 16.7 Å². The predicted octanol–water partition coefficient (Wildman–Crippen LogP) is 5.37. The Morgan fingerprint density at radius 1 is 0.927 bits per heavy atom. The summed E-state index contributed by atoms with van der Waals surface area (Å²) in [6, 6.07) is 12.8. The monoisotopic (exact) mass is 551 g/mol. The maximum absolute atomic E-state index is 13.3. The fourth-order valence-electron chi connectivity index (χ4n) is 4.27. The van der Waals surface area contributed by atoms with E-state index >= 15 is 0 Å². The number of Topliss-reactive ketones (excluding diaryl/α,β-unsaturated/α-hetero) is 1. The minimum Gasteiger partial charge on any atom is -0.493 e. The largest absolute Gasteiger partial charge is 0.493 e. The van der Waals surface area contributed by atoms with Crippen molar-refractivity contribution in [2.45, 2.75) is 33.2 Å². The number of ketones is 1. The Kier molecular flexibility index (Phi) is 7.73. The van der Waals surface area contributed by atoms with E-state index in [1.165, 1.54) is 12.4 Å². The maximum Gasteiger partial charge on any atom is 0.219 e. The minimum absolute atomic E-state index is 0.0515. The van der Waals surface area contributed by atoms with Crippen molar-refractivity contribution in [1.29, 1.82) is 0 Å². The van der Waals surface area contributed by atoms with Crippen LogP contribution in [0.25, 0.3) is 22.0 Å². The number of hydrogen-bond acceptors (Lipinski definition) is 9. The Bertz CT molecular complexity index is 1780. The van der Waals surface area contributed by atoms with E-state index < -0.39 is 11.2 Å². The molecule has 0 saturated heterocycles. The number of methoxy groups -OCH3 is 2. The molecule has 5 rings (SSSR count). The summed E-state index contributed by atoms with van der Waals surface area (Å²) in [5.74, 6) is 1.76. The summed E-state index contributed by atoms with van der Waals surface area (Å²) in [7, 11) is 3.12. The van der Waals surface area contributed by atoms with Gasteiger partial charge in [-0.25, -0.2) is 9.97 Å². The highest BCUT2D eigenvalue weighted by atomic mass is 16.5. The average molecular weight is 552 g/mol. The molecule has 0 amide bonds. The third kappa shape index (κ3) is 5.76. The van der Waals surface area contributed by atoms with Gasteiger partial charge in [-0.05, 0) is 38.5 Å². The quantitative estimate of drug-likeness (QED) is 0.223. The van der Waals surface area contributed by atoms with Crippen LogP contribution in [0.15, 0.2) is 72.0 Å². The summed E-state index contributed by atoms with van der Waals surface area (Å²) in [4.78, 5) is 39.6. The molecule has 0 atom stereocenters. The van der Waals surface area contributed by atoms with Crippen LogP contribution in [0, 0.1) is 6.92 Å². The van der Waals surface area contributed by atoms with Gasteiger partial charge in [0, 0.05) is 35.5 Å². The third-order valence-corrected chi connectivity index (χ3v) is 6.53. The van der Waals surface area contributed by atoms with E-state index in [9.17, 15) is 9.59 Å². The summed E-state index contributed by atoms with van der Waals surface area (Å²) in [6.45, 7) is 5.85. The smallest absolute Gasteiger partial charge is 0.219 e. The topological polar surface area (TPSA) is 118 Å². The molecule has 0 aliphatic carbocycles. The number of carbonyl (C=O) groups is 1. The molecular weight excluding hydrogens is 522 g/mol. The fourth-order valence-corrected chi connectivity index (χ4v) is 4.27. The average Bonchev–Trinajstić information content (AvgIpc) is 2.98. The highest BCUT2D eigenvalue weighted by Crippen LogP contribution is 2.36. The number of rotatable bonds is 9. The molecule has 0 N–H and O–H groups in total. The minimum atomic E-state index is -0.465. The summed E-state index contributed by atoms with van der Waals surface area (Å²) >= 11 is 0. The fraction of sp³-hybridized carbons (Fsp3) is 0.226. The molecule has 0 aliphatic heterocycles.